The second kappa shape index (κ2) is 8.46. The molecule has 0 atom stereocenters. The van der Waals surface area contributed by atoms with Crippen molar-refractivity contribution >= 4 is 16.8 Å². The Bertz CT molecular complexity index is 874. The number of aromatic nitrogens is 2. The third kappa shape index (κ3) is 3.98. The van der Waals surface area contributed by atoms with Crippen LogP contribution in [-0.2, 0) is 11.3 Å². The normalized spacial score (nSPS) is 19.0. The van der Waals surface area contributed by atoms with E-state index < -0.39 is 0 Å². The summed E-state index contributed by atoms with van der Waals surface area (Å²) in [6.45, 7) is 2.07. The van der Waals surface area contributed by atoms with Crippen LogP contribution in [0.25, 0.3) is 10.9 Å². The first-order valence-corrected chi connectivity index (χ1v) is 10.9. The van der Waals surface area contributed by atoms with Gasteiger partial charge in [0.25, 0.3) is 5.56 Å². The van der Waals surface area contributed by atoms with Gasteiger partial charge in [-0.15, -0.1) is 0 Å². The molecule has 2 aromatic rings. The van der Waals surface area contributed by atoms with Gasteiger partial charge in [0.15, 0.2) is 0 Å². The molecule has 0 unspecified atom stereocenters. The van der Waals surface area contributed by atoms with Crippen molar-refractivity contribution < 1.29 is 4.79 Å². The van der Waals surface area contributed by atoms with Crippen LogP contribution in [0.4, 0.5) is 0 Å². The number of benzene rings is 1. The van der Waals surface area contributed by atoms with Crippen molar-refractivity contribution in [3.63, 3.8) is 0 Å². The van der Waals surface area contributed by atoms with Crippen molar-refractivity contribution in [1.82, 2.24) is 14.5 Å². The molecule has 0 radical (unpaired) electrons. The van der Waals surface area contributed by atoms with Crippen molar-refractivity contribution in [2.75, 3.05) is 0 Å². The molecule has 1 aromatic heterocycles. The van der Waals surface area contributed by atoms with Gasteiger partial charge in [-0.1, -0.05) is 50.2 Å². The number of nitrogens with zero attached hydrogens (tertiary/aromatic N) is 3. The number of hydrogen-bond acceptors (Lipinski definition) is 3. The summed E-state index contributed by atoms with van der Waals surface area (Å²) in [6.07, 6.45) is 13.3. The van der Waals surface area contributed by atoms with Gasteiger partial charge in [-0.2, -0.15) is 0 Å². The topological polar surface area (TPSA) is 55.2 Å². The number of fused-ring (bicyclic) bond motifs is 1. The first kappa shape index (κ1) is 19.2. The fraction of sp³-hybridized carbons (Fsp3) is 0.609. The van der Waals surface area contributed by atoms with Gasteiger partial charge in [0.2, 0.25) is 5.91 Å². The van der Waals surface area contributed by atoms with Gasteiger partial charge >= 0.3 is 0 Å². The maximum absolute atomic E-state index is 13.4. The Morgan fingerprint density at radius 2 is 1.64 bits per heavy atom. The van der Waals surface area contributed by atoms with Gasteiger partial charge in [-0.3, -0.25) is 14.2 Å². The van der Waals surface area contributed by atoms with Crippen LogP contribution in [-0.4, -0.2) is 32.4 Å². The quantitative estimate of drug-likeness (QED) is 0.798. The maximum Gasteiger partial charge on any atom is 0.261 e. The molecule has 2 saturated carbocycles. The number of rotatable bonds is 4. The van der Waals surface area contributed by atoms with Gasteiger partial charge < -0.3 is 4.90 Å². The maximum atomic E-state index is 13.4. The second-order valence-corrected chi connectivity index (χ2v) is 8.58. The first-order chi connectivity index (χ1) is 13.6. The molecule has 0 saturated heterocycles. The minimum absolute atomic E-state index is 0.0923. The summed E-state index contributed by atoms with van der Waals surface area (Å²) < 4.78 is 1.50. The van der Waals surface area contributed by atoms with Gasteiger partial charge in [-0.25, -0.2) is 4.98 Å². The van der Waals surface area contributed by atoms with E-state index in [4.69, 9.17) is 0 Å². The summed E-state index contributed by atoms with van der Waals surface area (Å²) >= 11 is 0. The highest BCUT2D eigenvalue weighted by Crippen LogP contribution is 2.30. The van der Waals surface area contributed by atoms with Gasteiger partial charge in [0.1, 0.15) is 6.54 Å². The third-order valence-electron chi connectivity index (χ3n) is 6.51. The molecule has 1 heterocycles. The predicted octanol–water partition coefficient (Wildman–Crippen LogP) is 4.20. The summed E-state index contributed by atoms with van der Waals surface area (Å²) in [5.74, 6) is 0.0923. The Labute approximate surface area is 166 Å². The first-order valence-electron chi connectivity index (χ1n) is 10.9. The molecule has 150 valence electrons. The zero-order valence-electron chi connectivity index (χ0n) is 16.9. The number of carbonyl (C=O) groups excluding carboxylic acids is 1. The van der Waals surface area contributed by atoms with Crippen LogP contribution >= 0.6 is 0 Å². The zero-order valence-corrected chi connectivity index (χ0v) is 16.9. The van der Waals surface area contributed by atoms with E-state index in [1.807, 2.05) is 25.1 Å². The standard InChI is InChI=1S/C23H31N3O2/c1-17-12-13-21-20(14-17)23(28)25(16-24-21)15-22(27)26(18-8-4-2-5-9-18)19-10-6-3-7-11-19/h12-14,16,18-19H,2-11,15H2,1H3. The molecule has 0 aliphatic heterocycles. The van der Waals surface area contributed by atoms with Crippen LogP contribution in [0.3, 0.4) is 0 Å². The van der Waals surface area contributed by atoms with Crippen LogP contribution in [0.15, 0.2) is 29.3 Å². The molecule has 5 nitrogen and oxygen atoms in total. The van der Waals surface area contributed by atoms with Gasteiger partial charge in [0, 0.05) is 12.1 Å². The van der Waals surface area contributed by atoms with E-state index in [-0.39, 0.29) is 18.0 Å². The number of aryl methyl sites for hydroxylation is 1. The lowest BCUT2D eigenvalue weighted by Crippen LogP contribution is -2.50. The fourth-order valence-electron chi connectivity index (χ4n) is 5.04. The number of hydrogen-bond donors (Lipinski definition) is 0. The Hall–Kier alpha value is -2.17. The second-order valence-electron chi connectivity index (χ2n) is 8.58. The summed E-state index contributed by atoms with van der Waals surface area (Å²) in [6, 6.07) is 6.38. The molecule has 2 aliphatic rings. The van der Waals surface area contributed by atoms with Crippen LogP contribution in [0.5, 0.6) is 0 Å². The third-order valence-corrected chi connectivity index (χ3v) is 6.51. The molecule has 4 rings (SSSR count). The van der Waals surface area contributed by atoms with Crippen molar-refractivity contribution in [2.45, 2.75) is 89.8 Å². The van der Waals surface area contributed by atoms with Gasteiger partial charge in [0.05, 0.1) is 17.2 Å². The van der Waals surface area contributed by atoms with E-state index >= 15 is 0 Å². The highest BCUT2D eigenvalue weighted by molar-refractivity contribution is 5.79. The van der Waals surface area contributed by atoms with E-state index in [1.165, 1.54) is 49.4 Å². The molecular weight excluding hydrogens is 350 g/mol. The fourth-order valence-corrected chi connectivity index (χ4v) is 5.04. The molecule has 1 amide bonds. The highest BCUT2D eigenvalue weighted by Gasteiger charge is 2.32. The molecule has 1 aromatic carbocycles. The lowest BCUT2D eigenvalue weighted by Gasteiger charge is -2.42. The Balaban J connectivity index is 1.60. The summed E-state index contributed by atoms with van der Waals surface area (Å²) in [5.41, 5.74) is 1.60. The van der Waals surface area contributed by atoms with E-state index in [1.54, 1.807) is 0 Å². The smallest absolute Gasteiger partial charge is 0.261 e. The lowest BCUT2D eigenvalue weighted by molar-refractivity contribution is -0.138. The van der Waals surface area contributed by atoms with Gasteiger partial charge in [-0.05, 0) is 44.7 Å². The van der Waals surface area contributed by atoms with Crippen LogP contribution in [0.2, 0.25) is 0 Å². The molecule has 0 bridgehead atoms. The molecule has 5 heteroatoms. The average molecular weight is 382 g/mol. The van der Waals surface area contributed by atoms with Crippen molar-refractivity contribution in [3.8, 4) is 0 Å². The summed E-state index contributed by atoms with van der Waals surface area (Å²) in [7, 11) is 0. The summed E-state index contributed by atoms with van der Waals surface area (Å²) in [5, 5.41) is 0.595. The van der Waals surface area contributed by atoms with Crippen molar-refractivity contribution in [1.29, 1.82) is 0 Å². The average Bonchev–Trinajstić information content (AvgIpc) is 2.72. The lowest BCUT2D eigenvalue weighted by atomic mass is 9.88. The zero-order chi connectivity index (χ0) is 19.5. The minimum atomic E-state index is -0.116. The van der Waals surface area contributed by atoms with E-state index in [9.17, 15) is 9.59 Å². The van der Waals surface area contributed by atoms with Crippen molar-refractivity contribution in [2.24, 2.45) is 0 Å². The molecule has 28 heavy (non-hydrogen) atoms. The SMILES string of the molecule is Cc1ccc2ncn(CC(=O)N(C3CCCCC3)C3CCCCC3)c(=O)c2c1. The monoisotopic (exact) mass is 381 g/mol. The highest BCUT2D eigenvalue weighted by atomic mass is 16.2. The van der Waals surface area contributed by atoms with Crippen LogP contribution in [0, 0.1) is 6.92 Å². The molecule has 0 spiro atoms. The molecule has 2 fully saturated rings. The largest absolute Gasteiger partial charge is 0.335 e. The van der Waals surface area contributed by atoms with E-state index in [0.29, 0.717) is 23.0 Å². The Morgan fingerprint density at radius 1 is 1.04 bits per heavy atom. The van der Waals surface area contributed by atoms with Crippen LogP contribution in [0.1, 0.15) is 69.8 Å². The van der Waals surface area contributed by atoms with E-state index in [0.717, 1.165) is 31.2 Å². The number of amides is 1. The molecule has 0 N–H and O–H groups in total. The number of carbonyl (C=O) groups is 1. The van der Waals surface area contributed by atoms with E-state index in [2.05, 4.69) is 9.88 Å². The Morgan fingerprint density at radius 3 is 2.25 bits per heavy atom. The van der Waals surface area contributed by atoms with Crippen LogP contribution < -0.4 is 5.56 Å². The van der Waals surface area contributed by atoms with Crippen molar-refractivity contribution in [3.05, 3.63) is 40.4 Å². The molecular formula is C23H31N3O2. The Kier molecular flexibility index (Phi) is 5.79. The minimum Gasteiger partial charge on any atom is -0.335 e. The summed E-state index contributed by atoms with van der Waals surface area (Å²) in [4.78, 5) is 32.9. The molecule has 2 aliphatic carbocycles. The predicted molar refractivity (Wildman–Crippen MR) is 111 cm³/mol.